The molecule has 3 heteroatoms. The zero-order chi connectivity index (χ0) is 10.4. The van der Waals surface area contributed by atoms with Crippen molar-refractivity contribution in [3.63, 3.8) is 0 Å². The molecule has 3 nitrogen and oxygen atoms in total. The van der Waals surface area contributed by atoms with Crippen LogP contribution in [-0.4, -0.2) is 30.2 Å². The molecular formula is C11H22O3. The van der Waals surface area contributed by atoms with E-state index in [1.54, 1.807) is 0 Å². The van der Waals surface area contributed by atoms with E-state index in [1.807, 2.05) is 13.8 Å². The molecule has 14 heavy (non-hydrogen) atoms. The molecule has 1 aliphatic rings. The monoisotopic (exact) mass is 202 g/mol. The minimum atomic E-state index is -0.194. The van der Waals surface area contributed by atoms with Crippen molar-refractivity contribution in [3.8, 4) is 0 Å². The number of hydrogen-bond acceptors (Lipinski definition) is 3. The minimum absolute atomic E-state index is 0.0539. The summed E-state index contributed by atoms with van der Waals surface area (Å²) in [5.41, 5.74) is 0. The molecule has 0 aromatic carbocycles. The van der Waals surface area contributed by atoms with E-state index in [-0.39, 0.29) is 19.0 Å². The molecule has 0 aromatic rings. The molecule has 0 heterocycles. The molecule has 0 amide bonds. The second-order valence-corrected chi connectivity index (χ2v) is 4.09. The number of aliphatic hydroxyl groups excluding tert-OH is 1. The summed E-state index contributed by atoms with van der Waals surface area (Å²) >= 11 is 0. The van der Waals surface area contributed by atoms with E-state index in [2.05, 4.69) is 0 Å². The van der Waals surface area contributed by atoms with E-state index in [9.17, 15) is 0 Å². The third kappa shape index (κ3) is 4.40. The van der Waals surface area contributed by atoms with Gasteiger partial charge in [-0.3, -0.25) is 0 Å². The summed E-state index contributed by atoms with van der Waals surface area (Å²) in [5.74, 6) is 0. The molecular weight excluding hydrogens is 180 g/mol. The zero-order valence-electron chi connectivity index (χ0n) is 9.24. The Balaban J connectivity index is 2.14. The fourth-order valence-corrected chi connectivity index (χ4v) is 1.87. The van der Waals surface area contributed by atoms with E-state index in [1.165, 1.54) is 19.3 Å². The van der Waals surface area contributed by atoms with Gasteiger partial charge in [0.15, 0.2) is 6.29 Å². The Labute approximate surface area is 86.4 Å². The fraction of sp³-hybridized carbons (Fsp3) is 1.00. The van der Waals surface area contributed by atoms with Crippen LogP contribution in [0.2, 0.25) is 0 Å². The fourth-order valence-electron chi connectivity index (χ4n) is 1.87. The molecule has 0 aromatic heterocycles. The number of aliphatic hydroxyl groups is 1. The quantitative estimate of drug-likeness (QED) is 0.694. The average Bonchev–Trinajstić information content (AvgIpc) is 2.19. The Hall–Kier alpha value is -0.120. The molecule has 1 saturated carbocycles. The molecule has 1 N–H and O–H groups in total. The van der Waals surface area contributed by atoms with E-state index >= 15 is 0 Å². The summed E-state index contributed by atoms with van der Waals surface area (Å²) < 4.78 is 11.2. The third-order valence-corrected chi connectivity index (χ3v) is 2.62. The molecule has 0 spiro atoms. The summed E-state index contributed by atoms with van der Waals surface area (Å²) in [7, 11) is 0. The lowest BCUT2D eigenvalue weighted by molar-refractivity contribution is -0.191. The maximum atomic E-state index is 8.81. The number of hydrogen-bond donors (Lipinski definition) is 1. The highest BCUT2D eigenvalue weighted by Gasteiger charge is 2.17. The first kappa shape index (κ1) is 12.0. The lowest BCUT2D eigenvalue weighted by Gasteiger charge is -2.26. The molecule has 1 fully saturated rings. The van der Waals surface area contributed by atoms with Crippen LogP contribution >= 0.6 is 0 Å². The van der Waals surface area contributed by atoms with Crippen LogP contribution in [0.15, 0.2) is 0 Å². The predicted octanol–water partition coefficient (Wildman–Crippen LogP) is 2.08. The van der Waals surface area contributed by atoms with Crippen molar-refractivity contribution < 1.29 is 14.6 Å². The Morgan fingerprint density at radius 3 is 2.43 bits per heavy atom. The van der Waals surface area contributed by atoms with Gasteiger partial charge in [0.05, 0.1) is 18.8 Å². The summed E-state index contributed by atoms with van der Waals surface area (Å²) in [6.45, 7) is 3.81. The molecule has 1 rings (SSSR count). The van der Waals surface area contributed by atoms with Gasteiger partial charge in [-0.2, -0.15) is 0 Å². The van der Waals surface area contributed by atoms with Crippen LogP contribution in [-0.2, 0) is 9.47 Å². The SMILES string of the molecule is CC(CO)OC(C)OC1CCCCC1. The van der Waals surface area contributed by atoms with Gasteiger partial charge in [-0.1, -0.05) is 19.3 Å². The average molecular weight is 202 g/mol. The number of ether oxygens (including phenoxy) is 2. The van der Waals surface area contributed by atoms with Crippen molar-refractivity contribution in [3.05, 3.63) is 0 Å². The molecule has 2 atom stereocenters. The topological polar surface area (TPSA) is 38.7 Å². The first-order valence-corrected chi connectivity index (χ1v) is 5.64. The highest BCUT2D eigenvalue weighted by molar-refractivity contribution is 4.65. The van der Waals surface area contributed by atoms with Gasteiger partial charge < -0.3 is 14.6 Å². The largest absolute Gasteiger partial charge is 0.394 e. The Morgan fingerprint density at radius 2 is 1.86 bits per heavy atom. The maximum Gasteiger partial charge on any atom is 0.155 e. The van der Waals surface area contributed by atoms with Gasteiger partial charge in [-0.15, -0.1) is 0 Å². The first-order chi connectivity index (χ1) is 6.72. The van der Waals surface area contributed by atoms with Crippen molar-refractivity contribution in [1.29, 1.82) is 0 Å². The Morgan fingerprint density at radius 1 is 1.21 bits per heavy atom. The van der Waals surface area contributed by atoms with E-state index in [0.717, 1.165) is 12.8 Å². The standard InChI is InChI=1S/C11H22O3/c1-9(8-12)13-10(2)14-11-6-4-3-5-7-11/h9-12H,3-8H2,1-2H3. The Bertz CT molecular complexity index is 143. The molecule has 0 saturated heterocycles. The first-order valence-electron chi connectivity index (χ1n) is 5.64. The van der Waals surface area contributed by atoms with E-state index < -0.39 is 0 Å². The minimum Gasteiger partial charge on any atom is -0.394 e. The third-order valence-electron chi connectivity index (χ3n) is 2.62. The molecule has 0 radical (unpaired) electrons. The van der Waals surface area contributed by atoms with Gasteiger partial charge in [-0.25, -0.2) is 0 Å². The van der Waals surface area contributed by atoms with Crippen LogP contribution in [0.1, 0.15) is 46.0 Å². The highest BCUT2D eigenvalue weighted by atomic mass is 16.7. The molecule has 2 unspecified atom stereocenters. The van der Waals surface area contributed by atoms with Crippen molar-refractivity contribution in [1.82, 2.24) is 0 Å². The molecule has 0 aliphatic heterocycles. The zero-order valence-corrected chi connectivity index (χ0v) is 9.24. The van der Waals surface area contributed by atoms with Crippen LogP contribution in [0.3, 0.4) is 0 Å². The van der Waals surface area contributed by atoms with Crippen molar-refractivity contribution in [2.45, 2.75) is 64.4 Å². The maximum absolute atomic E-state index is 8.81. The van der Waals surface area contributed by atoms with Gasteiger partial charge in [-0.05, 0) is 26.7 Å². The van der Waals surface area contributed by atoms with Crippen LogP contribution in [0.5, 0.6) is 0 Å². The van der Waals surface area contributed by atoms with Gasteiger partial charge >= 0.3 is 0 Å². The Kier molecular flexibility index (Phi) is 5.45. The molecule has 84 valence electrons. The van der Waals surface area contributed by atoms with Gasteiger partial charge in [0.2, 0.25) is 0 Å². The lowest BCUT2D eigenvalue weighted by atomic mass is 9.98. The van der Waals surface area contributed by atoms with E-state index in [0.29, 0.717) is 6.10 Å². The summed E-state index contributed by atoms with van der Waals surface area (Å²) in [5, 5.41) is 8.81. The highest BCUT2D eigenvalue weighted by Crippen LogP contribution is 2.21. The van der Waals surface area contributed by atoms with Crippen LogP contribution in [0, 0.1) is 0 Å². The second kappa shape index (κ2) is 6.38. The normalized spacial score (nSPS) is 23.4. The lowest BCUT2D eigenvalue weighted by Crippen LogP contribution is -2.28. The smallest absolute Gasteiger partial charge is 0.155 e. The number of rotatable bonds is 5. The summed E-state index contributed by atoms with van der Waals surface area (Å²) in [4.78, 5) is 0. The van der Waals surface area contributed by atoms with Gasteiger partial charge in [0.1, 0.15) is 0 Å². The van der Waals surface area contributed by atoms with Crippen molar-refractivity contribution in [2.75, 3.05) is 6.61 Å². The second-order valence-electron chi connectivity index (χ2n) is 4.09. The predicted molar refractivity (Wildman–Crippen MR) is 55.1 cm³/mol. The van der Waals surface area contributed by atoms with Gasteiger partial charge in [0, 0.05) is 0 Å². The van der Waals surface area contributed by atoms with E-state index in [4.69, 9.17) is 14.6 Å². The summed E-state index contributed by atoms with van der Waals surface area (Å²) in [6.07, 6.45) is 6.23. The van der Waals surface area contributed by atoms with Gasteiger partial charge in [0.25, 0.3) is 0 Å². The summed E-state index contributed by atoms with van der Waals surface area (Å²) in [6, 6.07) is 0. The van der Waals surface area contributed by atoms with Crippen LogP contribution in [0.4, 0.5) is 0 Å². The van der Waals surface area contributed by atoms with Crippen LogP contribution in [0.25, 0.3) is 0 Å². The van der Waals surface area contributed by atoms with Crippen molar-refractivity contribution in [2.24, 2.45) is 0 Å². The van der Waals surface area contributed by atoms with Crippen LogP contribution < -0.4 is 0 Å². The molecule has 1 aliphatic carbocycles. The van der Waals surface area contributed by atoms with Crippen molar-refractivity contribution >= 4 is 0 Å². The molecule has 0 bridgehead atoms.